The van der Waals surface area contributed by atoms with Crippen LogP contribution in [-0.4, -0.2) is 26.5 Å². The van der Waals surface area contributed by atoms with E-state index in [1.54, 1.807) is 0 Å². The van der Waals surface area contributed by atoms with Gasteiger partial charge in [-0.25, -0.2) is 4.79 Å². The van der Waals surface area contributed by atoms with Crippen molar-refractivity contribution in [3.63, 3.8) is 0 Å². The fourth-order valence-electron chi connectivity index (χ4n) is 1.18. The van der Waals surface area contributed by atoms with Gasteiger partial charge in [-0.3, -0.25) is 20.2 Å². The molecule has 1 aliphatic carbocycles. The predicted octanol–water partition coefficient (Wildman–Crippen LogP) is 0.207. The van der Waals surface area contributed by atoms with Crippen molar-refractivity contribution in [1.82, 2.24) is 0 Å². The first-order valence-electron chi connectivity index (χ1n) is 3.82. The average molecular weight is 214 g/mol. The van der Waals surface area contributed by atoms with Crippen molar-refractivity contribution in [1.29, 1.82) is 0 Å². The summed E-state index contributed by atoms with van der Waals surface area (Å²) in [6.07, 6.45) is 2.31. The van der Waals surface area contributed by atoms with Crippen LogP contribution in [0, 0.1) is 20.2 Å². The van der Waals surface area contributed by atoms with Gasteiger partial charge in [-0.05, 0) is 0 Å². The minimum absolute atomic E-state index is 0.396. The predicted molar refractivity (Wildman–Crippen MR) is 46.2 cm³/mol. The fraction of sp³-hybridized carbons (Fsp3) is 0.286. The zero-order chi connectivity index (χ0) is 11.6. The maximum atomic E-state index is 10.7. The topological polar surface area (TPSA) is 124 Å². The van der Waals surface area contributed by atoms with E-state index in [1.165, 1.54) is 0 Å². The van der Waals surface area contributed by atoms with Crippen molar-refractivity contribution in [2.45, 2.75) is 12.0 Å². The molecular weight excluding hydrogens is 208 g/mol. The van der Waals surface area contributed by atoms with Gasteiger partial charge in [-0.15, -0.1) is 0 Å². The highest BCUT2D eigenvalue weighted by Crippen LogP contribution is 2.25. The van der Waals surface area contributed by atoms with E-state index in [-0.39, 0.29) is 0 Å². The van der Waals surface area contributed by atoms with Crippen molar-refractivity contribution >= 4 is 5.97 Å². The summed E-state index contributed by atoms with van der Waals surface area (Å²) in [4.78, 5) is 29.8. The van der Waals surface area contributed by atoms with E-state index in [1.807, 2.05) is 0 Å². The third-order valence-electron chi connectivity index (χ3n) is 2.01. The van der Waals surface area contributed by atoms with Gasteiger partial charge in [0.15, 0.2) is 0 Å². The van der Waals surface area contributed by atoms with Crippen molar-refractivity contribution in [2.24, 2.45) is 0 Å². The fourth-order valence-corrected chi connectivity index (χ4v) is 1.18. The van der Waals surface area contributed by atoms with E-state index < -0.39 is 33.5 Å². The highest BCUT2D eigenvalue weighted by molar-refractivity contribution is 5.80. The van der Waals surface area contributed by atoms with E-state index in [0.717, 1.165) is 12.2 Å². The molecular formula is C7H6N2O6. The van der Waals surface area contributed by atoms with Crippen LogP contribution in [0.3, 0.4) is 0 Å². The second-order valence-corrected chi connectivity index (χ2v) is 2.92. The average Bonchev–Trinajstić information content (AvgIpc) is 2.17. The quantitative estimate of drug-likeness (QED) is 0.528. The molecule has 0 heterocycles. The summed E-state index contributed by atoms with van der Waals surface area (Å²) in [5, 5.41) is 29.7. The van der Waals surface area contributed by atoms with Crippen molar-refractivity contribution < 1.29 is 19.7 Å². The summed E-state index contributed by atoms with van der Waals surface area (Å²) in [6, 6.07) is 0. The number of allylic oxidation sites excluding steroid dienone is 1. The Kier molecular flexibility index (Phi) is 2.51. The van der Waals surface area contributed by atoms with Crippen LogP contribution < -0.4 is 0 Å². The van der Waals surface area contributed by atoms with Gasteiger partial charge in [-0.2, -0.15) is 0 Å². The summed E-state index contributed by atoms with van der Waals surface area (Å²) in [5.74, 6) is -1.71. The standard InChI is InChI=1S/C7H6N2O6/c10-6(11)7(9(14)15)3-1-2-5(4-7)8(12)13/h1-2,4H,3H2,(H,10,11). The van der Waals surface area contributed by atoms with Gasteiger partial charge in [0.1, 0.15) is 0 Å². The molecule has 0 aromatic carbocycles. The van der Waals surface area contributed by atoms with Crippen LogP contribution in [-0.2, 0) is 4.79 Å². The molecule has 1 N–H and O–H groups in total. The molecule has 0 amide bonds. The van der Waals surface area contributed by atoms with Crippen LogP contribution in [0.5, 0.6) is 0 Å². The first kappa shape index (κ1) is 10.8. The van der Waals surface area contributed by atoms with Crippen LogP contribution in [0.25, 0.3) is 0 Å². The van der Waals surface area contributed by atoms with Gasteiger partial charge in [0, 0.05) is 11.0 Å². The Morgan fingerprint density at radius 2 is 2.07 bits per heavy atom. The number of hydrogen-bond donors (Lipinski definition) is 1. The molecule has 1 atom stereocenters. The molecule has 15 heavy (non-hydrogen) atoms. The van der Waals surface area contributed by atoms with E-state index in [0.29, 0.717) is 6.08 Å². The number of rotatable bonds is 3. The van der Waals surface area contributed by atoms with Gasteiger partial charge in [-0.1, -0.05) is 6.08 Å². The van der Waals surface area contributed by atoms with Crippen molar-refractivity contribution in [2.75, 3.05) is 0 Å². The minimum Gasteiger partial charge on any atom is -0.476 e. The lowest BCUT2D eigenvalue weighted by atomic mass is 9.91. The van der Waals surface area contributed by atoms with Gasteiger partial charge in [0.25, 0.3) is 5.70 Å². The van der Waals surface area contributed by atoms with Crippen molar-refractivity contribution in [3.05, 3.63) is 44.2 Å². The molecule has 0 saturated heterocycles. The van der Waals surface area contributed by atoms with Crippen LogP contribution in [0.15, 0.2) is 23.9 Å². The lowest BCUT2D eigenvalue weighted by Gasteiger charge is -2.16. The van der Waals surface area contributed by atoms with E-state index in [2.05, 4.69) is 0 Å². The molecule has 0 aliphatic heterocycles. The smallest absolute Gasteiger partial charge is 0.387 e. The Labute approximate surface area is 82.8 Å². The first-order chi connectivity index (χ1) is 6.90. The molecule has 8 heteroatoms. The Hall–Kier alpha value is -2.25. The second-order valence-electron chi connectivity index (χ2n) is 2.92. The molecule has 0 fully saturated rings. The number of nitrogens with zero attached hydrogens (tertiary/aromatic N) is 2. The number of carboxylic acids is 1. The zero-order valence-corrected chi connectivity index (χ0v) is 7.32. The molecule has 0 spiro atoms. The SMILES string of the molecule is O=C(O)C1([N+](=O)[O-])C=C([N+](=O)[O-])C=CC1. The number of hydrogen-bond acceptors (Lipinski definition) is 5. The largest absolute Gasteiger partial charge is 0.476 e. The monoisotopic (exact) mass is 214 g/mol. The highest BCUT2D eigenvalue weighted by Gasteiger charge is 2.51. The summed E-state index contributed by atoms with van der Waals surface area (Å²) in [5.41, 5.74) is -3.00. The Morgan fingerprint density at radius 3 is 2.47 bits per heavy atom. The van der Waals surface area contributed by atoms with Crippen LogP contribution in [0.2, 0.25) is 0 Å². The molecule has 1 unspecified atom stereocenters. The van der Waals surface area contributed by atoms with Crippen LogP contribution >= 0.6 is 0 Å². The number of carboxylic acid groups (broad SMARTS) is 1. The number of carbonyl (C=O) groups is 1. The van der Waals surface area contributed by atoms with E-state index >= 15 is 0 Å². The third-order valence-corrected chi connectivity index (χ3v) is 2.01. The molecule has 0 saturated carbocycles. The maximum Gasteiger partial charge on any atom is 0.387 e. The summed E-state index contributed by atoms with van der Waals surface area (Å²) >= 11 is 0. The lowest BCUT2D eigenvalue weighted by Crippen LogP contribution is -2.45. The van der Waals surface area contributed by atoms with Gasteiger partial charge < -0.3 is 5.11 Å². The van der Waals surface area contributed by atoms with Crippen LogP contribution in [0.4, 0.5) is 0 Å². The summed E-state index contributed by atoms with van der Waals surface area (Å²) in [7, 11) is 0. The number of nitro groups is 2. The molecule has 0 radical (unpaired) electrons. The minimum atomic E-state index is -2.42. The second kappa shape index (κ2) is 3.48. The van der Waals surface area contributed by atoms with Crippen LogP contribution in [0.1, 0.15) is 6.42 Å². The van der Waals surface area contributed by atoms with Gasteiger partial charge >= 0.3 is 11.5 Å². The molecule has 80 valence electrons. The molecule has 0 bridgehead atoms. The Balaban J connectivity index is 3.25. The van der Waals surface area contributed by atoms with E-state index in [4.69, 9.17) is 5.11 Å². The maximum absolute atomic E-state index is 10.7. The zero-order valence-electron chi connectivity index (χ0n) is 7.32. The third kappa shape index (κ3) is 1.68. The first-order valence-corrected chi connectivity index (χ1v) is 3.82. The lowest BCUT2D eigenvalue weighted by molar-refractivity contribution is -0.542. The molecule has 8 nitrogen and oxygen atoms in total. The highest BCUT2D eigenvalue weighted by atomic mass is 16.6. The van der Waals surface area contributed by atoms with E-state index in [9.17, 15) is 25.0 Å². The molecule has 0 aromatic heterocycles. The van der Waals surface area contributed by atoms with Gasteiger partial charge in [0.05, 0.1) is 17.4 Å². The summed E-state index contributed by atoms with van der Waals surface area (Å²) < 4.78 is 0. The Morgan fingerprint density at radius 1 is 1.47 bits per heavy atom. The van der Waals surface area contributed by atoms with Gasteiger partial charge in [0.2, 0.25) is 0 Å². The summed E-state index contributed by atoms with van der Waals surface area (Å²) in [6.45, 7) is 0. The normalized spacial score (nSPS) is 24.4. The Bertz CT molecular complexity index is 382. The molecule has 1 aliphatic rings. The number of aliphatic carboxylic acids is 1. The molecule has 0 aromatic rings. The molecule has 1 rings (SSSR count). The van der Waals surface area contributed by atoms with Crippen molar-refractivity contribution in [3.8, 4) is 0 Å².